The monoisotopic (exact) mass is 232 g/mol. The van der Waals surface area contributed by atoms with Crippen molar-refractivity contribution in [2.24, 2.45) is 5.73 Å². The van der Waals surface area contributed by atoms with Crippen molar-refractivity contribution in [3.63, 3.8) is 0 Å². The van der Waals surface area contributed by atoms with Crippen LogP contribution in [0.1, 0.15) is 19.7 Å². The maximum absolute atomic E-state index is 11.5. The van der Waals surface area contributed by atoms with Gasteiger partial charge in [-0.05, 0) is 13.8 Å². The van der Waals surface area contributed by atoms with Crippen molar-refractivity contribution in [3.8, 4) is 0 Å². The molecule has 1 aromatic heterocycles. The summed E-state index contributed by atoms with van der Waals surface area (Å²) in [7, 11) is -3.03. The van der Waals surface area contributed by atoms with Crippen molar-refractivity contribution in [1.29, 1.82) is 0 Å². The van der Waals surface area contributed by atoms with Gasteiger partial charge in [-0.25, -0.2) is 18.1 Å². The Morgan fingerprint density at radius 3 is 2.73 bits per heavy atom. The standard InChI is InChI=1S/C8H16N4O2S/c1-7(2)15(13,14)4-3-12-8(5-9)10-6-11-12/h6-7H,3-5,9H2,1-2H3. The second-order valence-corrected chi connectivity index (χ2v) is 6.20. The molecule has 0 amide bonds. The van der Waals surface area contributed by atoms with Crippen molar-refractivity contribution in [2.45, 2.75) is 32.2 Å². The molecule has 0 aliphatic rings. The molecule has 0 radical (unpaired) electrons. The smallest absolute Gasteiger partial charge is 0.154 e. The molecule has 86 valence electrons. The van der Waals surface area contributed by atoms with Gasteiger partial charge in [0.2, 0.25) is 0 Å². The number of nitrogens with zero attached hydrogens (tertiary/aromatic N) is 3. The molecule has 0 atom stereocenters. The first-order valence-electron chi connectivity index (χ1n) is 4.75. The van der Waals surface area contributed by atoms with Gasteiger partial charge in [0.25, 0.3) is 0 Å². The number of rotatable bonds is 5. The molecule has 0 bridgehead atoms. The van der Waals surface area contributed by atoms with Gasteiger partial charge in [0.15, 0.2) is 9.84 Å². The Bertz CT molecular complexity index is 410. The molecule has 2 N–H and O–H groups in total. The minimum absolute atomic E-state index is 0.0705. The van der Waals surface area contributed by atoms with Crippen LogP contribution in [-0.4, -0.2) is 34.2 Å². The van der Waals surface area contributed by atoms with E-state index in [1.165, 1.54) is 11.0 Å². The fourth-order valence-electron chi connectivity index (χ4n) is 1.08. The maximum Gasteiger partial charge on any atom is 0.154 e. The average molecular weight is 232 g/mol. The van der Waals surface area contributed by atoms with Crippen LogP contribution in [-0.2, 0) is 22.9 Å². The topological polar surface area (TPSA) is 90.9 Å². The molecule has 0 spiro atoms. The summed E-state index contributed by atoms with van der Waals surface area (Å²) in [5.74, 6) is 0.676. The molecule has 1 aromatic rings. The number of nitrogens with two attached hydrogens (primary N) is 1. The van der Waals surface area contributed by atoms with Crippen LogP contribution in [0.25, 0.3) is 0 Å². The molecule has 0 fully saturated rings. The van der Waals surface area contributed by atoms with Gasteiger partial charge < -0.3 is 5.73 Å². The lowest BCUT2D eigenvalue weighted by Crippen LogP contribution is -2.22. The van der Waals surface area contributed by atoms with Crippen LogP contribution >= 0.6 is 0 Å². The summed E-state index contributed by atoms with van der Waals surface area (Å²) >= 11 is 0. The fourth-order valence-corrected chi connectivity index (χ4v) is 1.98. The Labute approximate surface area is 89.4 Å². The zero-order valence-corrected chi connectivity index (χ0v) is 9.74. The lowest BCUT2D eigenvalue weighted by Gasteiger charge is -2.08. The molecule has 0 aromatic carbocycles. The minimum Gasteiger partial charge on any atom is -0.324 e. The van der Waals surface area contributed by atoms with Crippen LogP contribution in [0.4, 0.5) is 0 Å². The SMILES string of the molecule is CC(C)S(=O)(=O)CCn1ncnc1CN. The van der Waals surface area contributed by atoms with Gasteiger partial charge in [0.05, 0.1) is 24.1 Å². The number of sulfone groups is 1. The van der Waals surface area contributed by atoms with Crippen LogP contribution in [0.2, 0.25) is 0 Å². The van der Waals surface area contributed by atoms with E-state index in [4.69, 9.17) is 5.73 Å². The van der Waals surface area contributed by atoms with Crippen molar-refractivity contribution < 1.29 is 8.42 Å². The molecule has 7 heteroatoms. The summed E-state index contributed by atoms with van der Waals surface area (Å²) in [4.78, 5) is 3.91. The maximum atomic E-state index is 11.5. The molecule has 1 rings (SSSR count). The highest BCUT2D eigenvalue weighted by Crippen LogP contribution is 2.02. The summed E-state index contributed by atoms with van der Waals surface area (Å²) in [5.41, 5.74) is 5.42. The van der Waals surface area contributed by atoms with Gasteiger partial charge in [-0.2, -0.15) is 5.10 Å². The first-order valence-corrected chi connectivity index (χ1v) is 6.47. The molecule has 0 aliphatic carbocycles. The normalized spacial score (nSPS) is 12.3. The third-order valence-corrected chi connectivity index (χ3v) is 4.37. The van der Waals surface area contributed by atoms with E-state index in [2.05, 4.69) is 10.1 Å². The van der Waals surface area contributed by atoms with Crippen LogP contribution in [0.15, 0.2) is 6.33 Å². The second kappa shape index (κ2) is 4.71. The number of aryl methyl sites for hydroxylation is 1. The van der Waals surface area contributed by atoms with E-state index in [0.717, 1.165) is 0 Å². The highest BCUT2D eigenvalue weighted by atomic mass is 32.2. The third kappa shape index (κ3) is 3.00. The summed E-state index contributed by atoms with van der Waals surface area (Å²) in [6, 6.07) is 0. The summed E-state index contributed by atoms with van der Waals surface area (Å²) in [6.45, 7) is 3.91. The number of hydrogen-bond donors (Lipinski definition) is 1. The van der Waals surface area contributed by atoms with Crippen LogP contribution in [0, 0.1) is 0 Å². The quantitative estimate of drug-likeness (QED) is 0.743. The Morgan fingerprint density at radius 1 is 1.53 bits per heavy atom. The van der Waals surface area contributed by atoms with Gasteiger partial charge in [0.1, 0.15) is 12.2 Å². The van der Waals surface area contributed by atoms with Crippen LogP contribution in [0.5, 0.6) is 0 Å². The first-order chi connectivity index (χ1) is 6.97. The largest absolute Gasteiger partial charge is 0.324 e. The predicted molar refractivity (Wildman–Crippen MR) is 56.8 cm³/mol. The third-order valence-electron chi connectivity index (χ3n) is 2.18. The number of hydrogen-bond acceptors (Lipinski definition) is 5. The molecule has 0 aliphatic heterocycles. The molecule has 1 heterocycles. The van der Waals surface area contributed by atoms with Crippen molar-refractivity contribution in [1.82, 2.24) is 14.8 Å². The van der Waals surface area contributed by atoms with Gasteiger partial charge in [-0.1, -0.05) is 0 Å². The zero-order chi connectivity index (χ0) is 11.5. The average Bonchev–Trinajstić information content (AvgIpc) is 2.61. The Morgan fingerprint density at radius 2 is 2.20 bits per heavy atom. The Kier molecular flexibility index (Phi) is 3.81. The van der Waals surface area contributed by atoms with E-state index < -0.39 is 9.84 Å². The highest BCUT2D eigenvalue weighted by molar-refractivity contribution is 7.91. The van der Waals surface area contributed by atoms with E-state index in [9.17, 15) is 8.42 Å². The van der Waals surface area contributed by atoms with Gasteiger partial charge in [-0.3, -0.25) is 0 Å². The fraction of sp³-hybridized carbons (Fsp3) is 0.750. The van der Waals surface area contributed by atoms with Gasteiger partial charge in [-0.15, -0.1) is 0 Å². The molecular formula is C8H16N4O2S. The van der Waals surface area contributed by atoms with Gasteiger partial charge >= 0.3 is 0 Å². The minimum atomic E-state index is -3.03. The van der Waals surface area contributed by atoms with Crippen LogP contribution < -0.4 is 5.73 Å². The van der Waals surface area contributed by atoms with Gasteiger partial charge in [0, 0.05) is 0 Å². The van der Waals surface area contributed by atoms with E-state index in [0.29, 0.717) is 12.4 Å². The summed E-state index contributed by atoms with van der Waals surface area (Å²) in [6.07, 6.45) is 1.38. The lowest BCUT2D eigenvalue weighted by atomic mass is 10.6. The lowest BCUT2D eigenvalue weighted by molar-refractivity contribution is 0.565. The highest BCUT2D eigenvalue weighted by Gasteiger charge is 2.16. The molecular weight excluding hydrogens is 216 g/mol. The van der Waals surface area contributed by atoms with Crippen molar-refractivity contribution in [2.75, 3.05) is 5.75 Å². The van der Waals surface area contributed by atoms with E-state index in [1.807, 2.05) is 0 Å². The van der Waals surface area contributed by atoms with E-state index >= 15 is 0 Å². The van der Waals surface area contributed by atoms with E-state index in [-0.39, 0.29) is 17.5 Å². The van der Waals surface area contributed by atoms with Crippen molar-refractivity contribution >= 4 is 9.84 Å². The molecule has 0 saturated carbocycles. The number of aromatic nitrogens is 3. The first kappa shape index (κ1) is 12.1. The Balaban J connectivity index is 2.66. The molecule has 0 saturated heterocycles. The van der Waals surface area contributed by atoms with Crippen molar-refractivity contribution in [3.05, 3.63) is 12.2 Å². The summed E-state index contributed by atoms with van der Waals surface area (Å²) < 4.78 is 24.6. The molecule has 6 nitrogen and oxygen atoms in total. The Hall–Kier alpha value is -0.950. The van der Waals surface area contributed by atoms with E-state index in [1.54, 1.807) is 13.8 Å². The second-order valence-electron chi connectivity index (χ2n) is 3.52. The zero-order valence-electron chi connectivity index (χ0n) is 8.92. The molecule has 15 heavy (non-hydrogen) atoms. The van der Waals surface area contributed by atoms with Crippen LogP contribution in [0.3, 0.4) is 0 Å². The summed E-state index contributed by atoms with van der Waals surface area (Å²) in [5, 5.41) is 3.55. The molecule has 0 unspecified atom stereocenters. The predicted octanol–water partition coefficient (Wildman–Crippen LogP) is -0.440.